The minimum absolute atomic E-state index is 0.676. The van der Waals surface area contributed by atoms with E-state index in [0.29, 0.717) is 6.04 Å². The molecule has 86 valence electrons. The van der Waals surface area contributed by atoms with Crippen LogP contribution in [-0.4, -0.2) is 19.7 Å². The third-order valence-corrected chi connectivity index (χ3v) is 4.08. The van der Waals surface area contributed by atoms with Crippen LogP contribution in [-0.2, 0) is 6.42 Å². The molecule has 1 heterocycles. The first-order chi connectivity index (χ1) is 7.79. The third-order valence-electron chi connectivity index (χ3n) is 4.08. The molecule has 0 unspecified atom stereocenters. The first kappa shape index (κ1) is 10.2. The lowest BCUT2D eigenvalue weighted by atomic mass is 9.90. The number of rotatable bonds is 1. The highest BCUT2D eigenvalue weighted by atomic mass is 16.5. The lowest BCUT2D eigenvalue weighted by Crippen LogP contribution is -2.37. The standard InChI is InChI=1S/C14H19NO/c1-9-6-10-7-13-11(4-3-5-15-13)12(10)8-14(9)16-2/h6,8,11,13,15H,3-5,7H2,1-2H3/t11-,13+/m1/s1. The van der Waals surface area contributed by atoms with Crippen LogP contribution in [0.15, 0.2) is 12.1 Å². The molecule has 3 rings (SSSR count). The average molecular weight is 217 g/mol. The van der Waals surface area contributed by atoms with Gasteiger partial charge < -0.3 is 10.1 Å². The zero-order valence-corrected chi connectivity index (χ0v) is 10.0. The number of hydrogen-bond donors (Lipinski definition) is 1. The monoisotopic (exact) mass is 217 g/mol. The van der Waals surface area contributed by atoms with Gasteiger partial charge in [0.25, 0.3) is 0 Å². The van der Waals surface area contributed by atoms with Crippen LogP contribution in [0.4, 0.5) is 0 Å². The first-order valence-electron chi connectivity index (χ1n) is 6.20. The first-order valence-corrected chi connectivity index (χ1v) is 6.20. The van der Waals surface area contributed by atoms with Gasteiger partial charge in [0.05, 0.1) is 7.11 Å². The molecule has 2 aliphatic rings. The number of benzene rings is 1. The zero-order valence-electron chi connectivity index (χ0n) is 10.0. The van der Waals surface area contributed by atoms with Crippen LogP contribution >= 0.6 is 0 Å². The van der Waals surface area contributed by atoms with E-state index in [1.165, 1.54) is 42.5 Å². The highest BCUT2D eigenvalue weighted by Crippen LogP contribution is 2.41. The number of hydrogen-bond acceptors (Lipinski definition) is 2. The molecule has 0 aromatic heterocycles. The van der Waals surface area contributed by atoms with E-state index in [0.717, 1.165) is 11.7 Å². The third kappa shape index (κ3) is 1.44. The summed E-state index contributed by atoms with van der Waals surface area (Å²) in [5, 5.41) is 3.64. The van der Waals surface area contributed by atoms with Gasteiger partial charge >= 0.3 is 0 Å². The van der Waals surface area contributed by atoms with Gasteiger partial charge in [-0.1, -0.05) is 6.07 Å². The Morgan fingerprint density at radius 3 is 3.06 bits per heavy atom. The number of methoxy groups -OCH3 is 1. The second kappa shape index (κ2) is 3.77. The molecular weight excluding hydrogens is 198 g/mol. The molecule has 0 saturated carbocycles. The molecule has 1 aliphatic carbocycles. The van der Waals surface area contributed by atoms with Gasteiger partial charge in [0, 0.05) is 6.04 Å². The summed E-state index contributed by atoms with van der Waals surface area (Å²) >= 11 is 0. The second-order valence-corrected chi connectivity index (χ2v) is 5.03. The van der Waals surface area contributed by atoms with Gasteiger partial charge in [0.2, 0.25) is 0 Å². The predicted octanol–water partition coefficient (Wildman–Crippen LogP) is 2.40. The van der Waals surface area contributed by atoms with Crippen LogP contribution in [0.3, 0.4) is 0 Å². The van der Waals surface area contributed by atoms with Crippen molar-refractivity contribution in [3.63, 3.8) is 0 Å². The van der Waals surface area contributed by atoms with E-state index in [1.807, 2.05) is 0 Å². The Labute approximate surface area is 97.0 Å². The van der Waals surface area contributed by atoms with Crippen molar-refractivity contribution in [1.29, 1.82) is 0 Å². The molecule has 1 aliphatic heterocycles. The molecule has 1 N–H and O–H groups in total. The lowest BCUT2D eigenvalue weighted by Gasteiger charge is -2.27. The number of aryl methyl sites for hydroxylation is 1. The van der Waals surface area contributed by atoms with Crippen LogP contribution in [0.25, 0.3) is 0 Å². The smallest absolute Gasteiger partial charge is 0.122 e. The molecule has 2 nitrogen and oxygen atoms in total. The SMILES string of the molecule is COc1cc2c(cc1C)C[C@@H]1NCCC[C@H]21. The Morgan fingerprint density at radius 1 is 1.38 bits per heavy atom. The molecule has 1 saturated heterocycles. The van der Waals surface area contributed by atoms with Crippen LogP contribution in [0.1, 0.15) is 35.4 Å². The Kier molecular flexibility index (Phi) is 2.40. The molecule has 16 heavy (non-hydrogen) atoms. The molecule has 2 atom stereocenters. The Bertz CT molecular complexity index is 413. The molecular formula is C14H19NO. The summed E-state index contributed by atoms with van der Waals surface area (Å²) in [6, 6.07) is 5.26. The van der Waals surface area contributed by atoms with Crippen molar-refractivity contribution in [2.75, 3.05) is 13.7 Å². The van der Waals surface area contributed by atoms with E-state index in [-0.39, 0.29) is 0 Å². The minimum Gasteiger partial charge on any atom is -0.496 e. The molecule has 1 fully saturated rings. The van der Waals surface area contributed by atoms with Gasteiger partial charge in [-0.15, -0.1) is 0 Å². The van der Waals surface area contributed by atoms with Gasteiger partial charge in [0.15, 0.2) is 0 Å². The van der Waals surface area contributed by atoms with Crippen LogP contribution in [0.2, 0.25) is 0 Å². The number of nitrogens with one attached hydrogen (secondary N) is 1. The van der Waals surface area contributed by atoms with E-state index in [1.54, 1.807) is 7.11 Å². The van der Waals surface area contributed by atoms with E-state index >= 15 is 0 Å². The summed E-state index contributed by atoms with van der Waals surface area (Å²) in [5.41, 5.74) is 4.32. The molecule has 2 heteroatoms. The summed E-state index contributed by atoms with van der Waals surface area (Å²) in [6.07, 6.45) is 3.83. The van der Waals surface area contributed by atoms with Crippen molar-refractivity contribution < 1.29 is 4.74 Å². The van der Waals surface area contributed by atoms with Crippen molar-refractivity contribution in [3.8, 4) is 5.75 Å². The van der Waals surface area contributed by atoms with Crippen molar-refractivity contribution in [3.05, 3.63) is 28.8 Å². The summed E-state index contributed by atoms with van der Waals surface area (Å²) < 4.78 is 5.43. The topological polar surface area (TPSA) is 21.3 Å². The fourth-order valence-corrected chi connectivity index (χ4v) is 3.28. The van der Waals surface area contributed by atoms with E-state index in [2.05, 4.69) is 24.4 Å². The van der Waals surface area contributed by atoms with Crippen molar-refractivity contribution in [2.24, 2.45) is 0 Å². The predicted molar refractivity (Wildman–Crippen MR) is 65.2 cm³/mol. The van der Waals surface area contributed by atoms with Crippen LogP contribution < -0.4 is 10.1 Å². The summed E-state index contributed by atoms with van der Waals surface area (Å²) in [5.74, 6) is 1.77. The highest BCUT2D eigenvalue weighted by Gasteiger charge is 2.34. The summed E-state index contributed by atoms with van der Waals surface area (Å²) in [4.78, 5) is 0. The maximum atomic E-state index is 5.43. The lowest BCUT2D eigenvalue weighted by molar-refractivity contribution is 0.371. The van der Waals surface area contributed by atoms with Crippen molar-refractivity contribution in [1.82, 2.24) is 5.32 Å². The van der Waals surface area contributed by atoms with Crippen molar-refractivity contribution in [2.45, 2.75) is 38.1 Å². The Hall–Kier alpha value is -1.02. The highest BCUT2D eigenvalue weighted by molar-refractivity contribution is 5.47. The molecule has 1 aromatic carbocycles. The molecule has 0 radical (unpaired) electrons. The summed E-state index contributed by atoms with van der Waals surface area (Å²) in [6.45, 7) is 3.32. The quantitative estimate of drug-likeness (QED) is 0.780. The van der Waals surface area contributed by atoms with Crippen LogP contribution in [0, 0.1) is 6.92 Å². The van der Waals surface area contributed by atoms with Gasteiger partial charge in [-0.25, -0.2) is 0 Å². The second-order valence-electron chi connectivity index (χ2n) is 5.03. The average Bonchev–Trinajstić information content (AvgIpc) is 2.65. The minimum atomic E-state index is 0.676. The molecule has 0 spiro atoms. The van der Waals surface area contributed by atoms with Gasteiger partial charge in [-0.2, -0.15) is 0 Å². The van der Waals surface area contributed by atoms with E-state index < -0.39 is 0 Å². The van der Waals surface area contributed by atoms with E-state index in [4.69, 9.17) is 4.74 Å². The number of fused-ring (bicyclic) bond motifs is 3. The molecule has 1 aromatic rings. The van der Waals surface area contributed by atoms with Gasteiger partial charge in [0.1, 0.15) is 5.75 Å². The number of piperidine rings is 1. The maximum absolute atomic E-state index is 5.43. The molecule has 0 bridgehead atoms. The number of ether oxygens (including phenoxy) is 1. The Balaban J connectivity index is 2.02. The molecule has 0 amide bonds. The van der Waals surface area contributed by atoms with Crippen LogP contribution in [0.5, 0.6) is 5.75 Å². The van der Waals surface area contributed by atoms with Crippen molar-refractivity contribution >= 4 is 0 Å². The fraction of sp³-hybridized carbons (Fsp3) is 0.571. The zero-order chi connectivity index (χ0) is 11.1. The fourth-order valence-electron chi connectivity index (χ4n) is 3.28. The van der Waals surface area contributed by atoms with Gasteiger partial charge in [-0.05, 0) is 61.4 Å². The largest absolute Gasteiger partial charge is 0.496 e. The maximum Gasteiger partial charge on any atom is 0.122 e. The van der Waals surface area contributed by atoms with E-state index in [9.17, 15) is 0 Å². The van der Waals surface area contributed by atoms with Gasteiger partial charge in [-0.3, -0.25) is 0 Å². The Morgan fingerprint density at radius 2 is 2.25 bits per heavy atom. The summed E-state index contributed by atoms with van der Waals surface area (Å²) in [7, 11) is 1.76. The normalized spacial score (nSPS) is 27.4.